The van der Waals surface area contributed by atoms with Gasteiger partial charge in [0.15, 0.2) is 17.5 Å². The zero-order valence-corrected chi connectivity index (χ0v) is 31.8. The molecule has 1 aromatic heterocycles. The molecule has 0 amide bonds. The van der Waals surface area contributed by atoms with Gasteiger partial charge in [-0.15, -0.1) is 0 Å². The maximum Gasteiger partial charge on any atom is 0.164 e. The first kappa shape index (κ1) is 32.8. The van der Waals surface area contributed by atoms with Gasteiger partial charge in [0.2, 0.25) is 0 Å². The first-order valence-electron chi connectivity index (χ1n) is 20.7. The lowest BCUT2D eigenvalue weighted by Crippen LogP contribution is -2.57. The van der Waals surface area contributed by atoms with Gasteiger partial charge in [-0.1, -0.05) is 140 Å². The van der Waals surface area contributed by atoms with Crippen LogP contribution < -0.4 is 4.90 Å². The Bertz CT molecular complexity index is 2790. The Balaban J connectivity index is 1.08. The van der Waals surface area contributed by atoms with Crippen molar-refractivity contribution in [1.82, 2.24) is 15.0 Å². The van der Waals surface area contributed by atoms with Gasteiger partial charge >= 0.3 is 0 Å². The van der Waals surface area contributed by atoms with Crippen molar-refractivity contribution in [3.8, 4) is 45.3 Å². The Morgan fingerprint density at radius 2 is 0.930 bits per heavy atom. The highest BCUT2D eigenvalue weighted by atomic mass is 15.2. The van der Waals surface area contributed by atoms with E-state index in [1.165, 1.54) is 76.8 Å². The van der Waals surface area contributed by atoms with Crippen LogP contribution in [0.2, 0.25) is 0 Å². The summed E-state index contributed by atoms with van der Waals surface area (Å²) in [5.74, 6) is 5.08. The van der Waals surface area contributed by atoms with E-state index in [4.69, 9.17) is 15.0 Å². The van der Waals surface area contributed by atoms with E-state index in [1.54, 1.807) is 0 Å². The quantitative estimate of drug-likeness (QED) is 0.177. The van der Waals surface area contributed by atoms with Crippen LogP contribution in [0.1, 0.15) is 43.2 Å². The topological polar surface area (TPSA) is 41.9 Å². The smallest absolute Gasteiger partial charge is 0.164 e. The molecule has 4 heteroatoms. The lowest BCUT2D eigenvalue weighted by atomic mass is 9.41. The van der Waals surface area contributed by atoms with Crippen molar-refractivity contribution in [3.05, 3.63) is 181 Å². The summed E-state index contributed by atoms with van der Waals surface area (Å²) in [5.41, 5.74) is 12.1. The van der Waals surface area contributed by atoms with E-state index in [-0.39, 0.29) is 5.41 Å². The van der Waals surface area contributed by atoms with Crippen LogP contribution >= 0.6 is 0 Å². The van der Waals surface area contributed by atoms with E-state index in [0.717, 1.165) is 33.9 Å². The first-order chi connectivity index (χ1) is 28.2. The molecule has 0 atom stereocenters. The number of rotatable bonds is 5. The van der Waals surface area contributed by atoms with E-state index >= 15 is 0 Å². The number of fused-ring (bicyclic) bond motifs is 3. The minimum absolute atomic E-state index is 0.00202. The molecular weight excluding hydrogens is 693 g/mol. The van der Waals surface area contributed by atoms with Crippen LogP contribution in [0, 0.1) is 23.7 Å². The fraction of sp³-hybridized carbons (Fsp3) is 0.189. The highest BCUT2D eigenvalue weighted by Gasteiger charge is 2.61. The number of para-hydroxylation sites is 2. The monoisotopic (exact) mass is 734 g/mol. The molecule has 4 nitrogen and oxygen atoms in total. The molecule has 13 rings (SSSR count). The van der Waals surface area contributed by atoms with E-state index < -0.39 is 0 Å². The Kier molecular flexibility index (Phi) is 7.38. The normalized spacial score (nSPS) is 22.8. The molecule has 4 aliphatic carbocycles. The van der Waals surface area contributed by atoms with Gasteiger partial charge in [0.25, 0.3) is 0 Å². The van der Waals surface area contributed by atoms with Gasteiger partial charge in [0.1, 0.15) is 0 Å². The Hall–Kier alpha value is -6.39. The number of hydrogen-bond donors (Lipinski definition) is 0. The van der Waals surface area contributed by atoms with Gasteiger partial charge in [-0.25, -0.2) is 15.0 Å². The van der Waals surface area contributed by atoms with Crippen LogP contribution in [0.3, 0.4) is 0 Å². The average molecular weight is 735 g/mol. The van der Waals surface area contributed by atoms with Crippen molar-refractivity contribution in [1.29, 1.82) is 0 Å². The standard InChI is InChI=1S/C53H42N4/c1-4-14-36(15-5-1)42-25-26-45(44-21-11-10-20-43(42)44)52-55-50(37-16-6-2-7-17-37)54-51(56-52)38-24-27-47-49(33-38)57(41-18-8-3-9-19-41)48-23-13-12-22-46(48)53(47)39-29-34-28-35(31-39)32-40(53)30-34/h1-27,33-35,39-40H,28-32H2. The second kappa shape index (κ2) is 12.8. The third kappa shape index (κ3) is 5.02. The van der Waals surface area contributed by atoms with Crippen LogP contribution in [0.4, 0.5) is 17.1 Å². The summed E-state index contributed by atoms with van der Waals surface area (Å²) >= 11 is 0. The second-order valence-corrected chi connectivity index (χ2v) is 16.8. The lowest BCUT2D eigenvalue weighted by Gasteiger charge is -2.64. The third-order valence-electron chi connectivity index (χ3n) is 13.9. The van der Waals surface area contributed by atoms with Crippen LogP contribution in [-0.4, -0.2) is 15.0 Å². The molecule has 57 heavy (non-hydrogen) atoms. The largest absolute Gasteiger partial charge is 0.310 e. The van der Waals surface area contributed by atoms with Crippen molar-refractivity contribution in [2.75, 3.05) is 4.90 Å². The predicted octanol–water partition coefficient (Wildman–Crippen LogP) is 13.2. The lowest BCUT2D eigenvalue weighted by molar-refractivity contribution is -0.0419. The zero-order valence-electron chi connectivity index (χ0n) is 31.8. The maximum atomic E-state index is 5.38. The number of hydrogen-bond acceptors (Lipinski definition) is 4. The molecule has 0 saturated heterocycles. The second-order valence-electron chi connectivity index (χ2n) is 16.8. The number of benzene rings is 7. The minimum atomic E-state index is 0.00202. The molecule has 0 N–H and O–H groups in total. The fourth-order valence-electron chi connectivity index (χ4n) is 11.9. The summed E-state index contributed by atoms with van der Waals surface area (Å²) < 4.78 is 0. The molecule has 4 bridgehead atoms. The van der Waals surface area contributed by atoms with Crippen LogP contribution in [0.15, 0.2) is 170 Å². The predicted molar refractivity (Wildman–Crippen MR) is 232 cm³/mol. The molecule has 5 aliphatic rings. The van der Waals surface area contributed by atoms with Gasteiger partial charge < -0.3 is 4.90 Å². The summed E-state index contributed by atoms with van der Waals surface area (Å²) in [7, 11) is 0. The molecule has 4 fully saturated rings. The molecular formula is C53H42N4. The van der Waals surface area contributed by atoms with E-state index in [0.29, 0.717) is 29.3 Å². The van der Waals surface area contributed by atoms with Gasteiger partial charge in [-0.3, -0.25) is 0 Å². The van der Waals surface area contributed by atoms with Crippen LogP contribution in [0.25, 0.3) is 56.1 Å². The number of aromatic nitrogens is 3. The van der Waals surface area contributed by atoms with Gasteiger partial charge in [0.05, 0.1) is 11.4 Å². The highest BCUT2D eigenvalue weighted by molar-refractivity contribution is 6.04. The van der Waals surface area contributed by atoms with Crippen molar-refractivity contribution in [3.63, 3.8) is 0 Å². The summed E-state index contributed by atoms with van der Waals surface area (Å²) in [6, 6.07) is 61.5. The molecule has 0 radical (unpaired) electrons. The average Bonchev–Trinajstić information content (AvgIpc) is 3.27. The Morgan fingerprint density at radius 3 is 1.63 bits per heavy atom. The third-order valence-corrected chi connectivity index (χ3v) is 13.9. The minimum Gasteiger partial charge on any atom is -0.310 e. The molecule has 8 aromatic rings. The van der Waals surface area contributed by atoms with E-state index in [1.807, 2.05) is 6.07 Å². The Labute approximate surface area is 334 Å². The van der Waals surface area contributed by atoms with Crippen LogP contribution in [0.5, 0.6) is 0 Å². The number of anilines is 3. The Morgan fingerprint density at radius 1 is 0.404 bits per heavy atom. The zero-order chi connectivity index (χ0) is 37.5. The molecule has 2 heterocycles. The van der Waals surface area contributed by atoms with Crippen LogP contribution in [-0.2, 0) is 5.41 Å². The molecule has 274 valence electrons. The van der Waals surface area contributed by atoms with E-state index in [9.17, 15) is 0 Å². The molecule has 1 spiro atoms. The van der Waals surface area contributed by atoms with E-state index in [2.05, 4.69) is 169 Å². The van der Waals surface area contributed by atoms with Crippen molar-refractivity contribution < 1.29 is 0 Å². The maximum absolute atomic E-state index is 5.38. The first-order valence-corrected chi connectivity index (χ1v) is 20.7. The summed E-state index contributed by atoms with van der Waals surface area (Å²) in [5, 5.41) is 2.30. The molecule has 0 unspecified atom stereocenters. The summed E-state index contributed by atoms with van der Waals surface area (Å²) in [4.78, 5) is 18.4. The summed E-state index contributed by atoms with van der Waals surface area (Å²) in [6.07, 6.45) is 6.77. The summed E-state index contributed by atoms with van der Waals surface area (Å²) in [6.45, 7) is 0. The molecule has 7 aromatic carbocycles. The van der Waals surface area contributed by atoms with Gasteiger partial charge in [0, 0.05) is 27.8 Å². The van der Waals surface area contributed by atoms with Crippen molar-refractivity contribution in [2.45, 2.75) is 37.5 Å². The highest BCUT2D eigenvalue weighted by Crippen LogP contribution is 2.69. The number of nitrogens with zero attached hydrogens (tertiary/aromatic N) is 4. The molecule has 4 saturated carbocycles. The SMILES string of the molecule is c1ccc(-c2nc(-c3ccc4c(c3)N(c3ccccc3)c3ccccc3C43C4CC5CC(C4)CC3C5)nc(-c3ccc(-c4ccccc4)c4ccccc34)n2)cc1. The molecule has 1 aliphatic heterocycles. The van der Waals surface area contributed by atoms with Crippen molar-refractivity contribution >= 4 is 27.8 Å². The van der Waals surface area contributed by atoms with Crippen molar-refractivity contribution in [2.24, 2.45) is 23.7 Å². The fourth-order valence-corrected chi connectivity index (χ4v) is 11.9. The van der Waals surface area contributed by atoms with Gasteiger partial charge in [-0.05, 0) is 119 Å². The van der Waals surface area contributed by atoms with Gasteiger partial charge in [-0.2, -0.15) is 0 Å².